The van der Waals surface area contributed by atoms with E-state index in [1.165, 1.54) is 0 Å². The minimum Gasteiger partial charge on any atom is -0.497 e. The van der Waals surface area contributed by atoms with Crippen LogP contribution in [0.1, 0.15) is 38.8 Å². The van der Waals surface area contributed by atoms with E-state index in [0.29, 0.717) is 17.9 Å². The number of rotatable bonds is 6. The summed E-state index contributed by atoms with van der Waals surface area (Å²) in [6, 6.07) is 12.7. The molecule has 2 atom stereocenters. The average Bonchev–Trinajstić information content (AvgIpc) is 2.66. The highest BCUT2D eigenvalue weighted by Crippen LogP contribution is 2.41. The molecule has 0 unspecified atom stereocenters. The third-order valence-electron chi connectivity index (χ3n) is 4.72. The van der Waals surface area contributed by atoms with E-state index in [2.05, 4.69) is 5.32 Å². The standard InChI is InChI=1S/C22H27NO5/c1-14(27-17-8-6-7-15(11-17)25-4)21(24)23-19-13-22(2,3)28-20-12-16(26-5)9-10-18(19)20/h6-12,14,19H,13H2,1-5H3,(H,23,24)/t14-,19-/m1/s1. The molecule has 6 heteroatoms. The van der Waals surface area contributed by atoms with Crippen molar-refractivity contribution in [1.82, 2.24) is 5.32 Å². The summed E-state index contributed by atoms with van der Waals surface area (Å²) in [6.45, 7) is 5.74. The molecule has 1 aliphatic rings. The Hall–Kier alpha value is -2.89. The quantitative estimate of drug-likeness (QED) is 0.817. The summed E-state index contributed by atoms with van der Waals surface area (Å²) >= 11 is 0. The Bertz CT molecular complexity index is 849. The smallest absolute Gasteiger partial charge is 0.261 e. The highest BCUT2D eigenvalue weighted by Gasteiger charge is 2.35. The van der Waals surface area contributed by atoms with Gasteiger partial charge in [0, 0.05) is 24.1 Å². The number of benzene rings is 2. The zero-order chi connectivity index (χ0) is 20.3. The molecule has 0 fully saturated rings. The topological polar surface area (TPSA) is 66.0 Å². The molecular weight excluding hydrogens is 358 g/mol. The van der Waals surface area contributed by atoms with Gasteiger partial charge < -0.3 is 24.3 Å². The molecule has 0 saturated carbocycles. The van der Waals surface area contributed by atoms with Crippen molar-refractivity contribution in [2.24, 2.45) is 0 Å². The van der Waals surface area contributed by atoms with E-state index in [0.717, 1.165) is 17.1 Å². The zero-order valence-electron chi connectivity index (χ0n) is 16.9. The number of carbonyl (C=O) groups is 1. The van der Waals surface area contributed by atoms with Crippen LogP contribution in [0.4, 0.5) is 0 Å². The van der Waals surface area contributed by atoms with Crippen LogP contribution in [0.5, 0.6) is 23.0 Å². The number of fused-ring (bicyclic) bond motifs is 1. The average molecular weight is 385 g/mol. The van der Waals surface area contributed by atoms with Crippen LogP contribution in [-0.4, -0.2) is 31.8 Å². The van der Waals surface area contributed by atoms with Gasteiger partial charge >= 0.3 is 0 Å². The van der Waals surface area contributed by atoms with Gasteiger partial charge in [-0.3, -0.25) is 4.79 Å². The van der Waals surface area contributed by atoms with E-state index >= 15 is 0 Å². The molecule has 2 aromatic carbocycles. The normalized spacial score (nSPS) is 18.2. The van der Waals surface area contributed by atoms with Gasteiger partial charge in [-0.05, 0) is 45.0 Å². The molecule has 1 aliphatic heterocycles. The van der Waals surface area contributed by atoms with Crippen LogP contribution in [-0.2, 0) is 4.79 Å². The number of nitrogens with one attached hydrogen (secondary N) is 1. The van der Waals surface area contributed by atoms with Gasteiger partial charge in [0.2, 0.25) is 0 Å². The van der Waals surface area contributed by atoms with Gasteiger partial charge in [-0.2, -0.15) is 0 Å². The molecule has 3 rings (SSSR count). The van der Waals surface area contributed by atoms with Gasteiger partial charge in [0.05, 0.1) is 20.3 Å². The highest BCUT2D eigenvalue weighted by atomic mass is 16.5. The zero-order valence-corrected chi connectivity index (χ0v) is 16.9. The molecular formula is C22H27NO5. The first kappa shape index (κ1) is 19.9. The van der Waals surface area contributed by atoms with Crippen molar-refractivity contribution in [2.45, 2.75) is 44.9 Å². The second-order valence-electron chi connectivity index (χ2n) is 7.47. The van der Waals surface area contributed by atoms with Crippen molar-refractivity contribution >= 4 is 5.91 Å². The SMILES string of the molecule is COc1cccc(O[C@H](C)C(=O)N[C@@H]2CC(C)(C)Oc3cc(OC)ccc32)c1. The van der Waals surface area contributed by atoms with Gasteiger partial charge in [-0.15, -0.1) is 0 Å². The van der Waals surface area contributed by atoms with E-state index in [9.17, 15) is 4.79 Å². The Kier molecular flexibility index (Phi) is 5.68. The molecule has 0 saturated heterocycles. The number of hydrogen-bond donors (Lipinski definition) is 1. The van der Waals surface area contributed by atoms with Crippen LogP contribution in [0, 0.1) is 0 Å². The van der Waals surface area contributed by atoms with E-state index in [-0.39, 0.29) is 11.9 Å². The van der Waals surface area contributed by atoms with Gasteiger partial charge in [-0.25, -0.2) is 0 Å². The molecule has 0 radical (unpaired) electrons. The second kappa shape index (κ2) is 8.00. The van der Waals surface area contributed by atoms with E-state index in [1.54, 1.807) is 33.3 Å². The van der Waals surface area contributed by atoms with Crippen molar-refractivity contribution < 1.29 is 23.7 Å². The van der Waals surface area contributed by atoms with Gasteiger partial charge in [-0.1, -0.05) is 6.07 Å². The fraction of sp³-hybridized carbons (Fsp3) is 0.409. The number of carbonyl (C=O) groups excluding carboxylic acids is 1. The predicted molar refractivity (Wildman–Crippen MR) is 106 cm³/mol. The second-order valence-corrected chi connectivity index (χ2v) is 7.47. The summed E-state index contributed by atoms with van der Waals surface area (Å²) in [5, 5.41) is 3.10. The summed E-state index contributed by atoms with van der Waals surface area (Å²) in [5.74, 6) is 2.52. The first-order valence-electron chi connectivity index (χ1n) is 9.29. The summed E-state index contributed by atoms with van der Waals surface area (Å²) < 4.78 is 22.4. The third kappa shape index (κ3) is 4.50. The Morgan fingerprint density at radius 2 is 1.79 bits per heavy atom. The van der Waals surface area contributed by atoms with Crippen LogP contribution < -0.4 is 24.3 Å². The Balaban J connectivity index is 1.74. The van der Waals surface area contributed by atoms with Crippen molar-refractivity contribution in [2.75, 3.05) is 14.2 Å². The molecule has 0 spiro atoms. The first-order valence-corrected chi connectivity index (χ1v) is 9.29. The third-order valence-corrected chi connectivity index (χ3v) is 4.72. The lowest BCUT2D eigenvalue weighted by atomic mass is 9.89. The lowest BCUT2D eigenvalue weighted by Crippen LogP contribution is -2.44. The van der Waals surface area contributed by atoms with E-state index in [4.69, 9.17) is 18.9 Å². The van der Waals surface area contributed by atoms with Crippen LogP contribution in [0.25, 0.3) is 0 Å². The molecule has 1 N–H and O–H groups in total. The van der Waals surface area contributed by atoms with Gasteiger partial charge in [0.15, 0.2) is 6.10 Å². The minimum atomic E-state index is -0.653. The summed E-state index contributed by atoms with van der Waals surface area (Å²) in [5.41, 5.74) is 0.524. The monoisotopic (exact) mass is 385 g/mol. The molecule has 0 aliphatic carbocycles. The molecule has 1 heterocycles. The number of amides is 1. The van der Waals surface area contributed by atoms with Gasteiger partial charge in [0.1, 0.15) is 28.6 Å². The van der Waals surface area contributed by atoms with Crippen molar-refractivity contribution in [3.8, 4) is 23.0 Å². The van der Waals surface area contributed by atoms with Crippen LogP contribution >= 0.6 is 0 Å². The molecule has 0 bridgehead atoms. The lowest BCUT2D eigenvalue weighted by Gasteiger charge is -2.38. The molecule has 150 valence electrons. The fourth-order valence-corrected chi connectivity index (χ4v) is 3.31. The van der Waals surface area contributed by atoms with Gasteiger partial charge in [0.25, 0.3) is 5.91 Å². The number of methoxy groups -OCH3 is 2. The van der Waals surface area contributed by atoms with Crippen LogP contribution in [0.3, 0.4) is 0 Å². The lowest BCUT2D eigenvalue weighted by molar-refractivity contribution is -0.128. The summed E-state index contributed by atoms with van der Waals surface area (Å²) in [4.78, 5) is 12.8. The molecule has 0 aromatic heterocycles. The molecule has 28 heavy (non-hydrogen) atoms. The maximum atomic E-state index is 12.8. The molecule has 6 nitrogen and oxygen atoms in total. The maximum absolute atomic E-state index is 12.8. The Morgan fingerprint density at radius 3 is 2.50 bits per heavy atom. The Morgan fingerprint density at radius 1 is 1.11 bits per heavy atom. The minimum absolute atomic E-state index is 0.173. The largest absolute Gasteiger partial charge is 0.497 e. The highest BCUT2D eigenvalue weighted by molar-refractivity contribution is 5.81. The predicted octanol–water partition coefficient (Wildman–Crippen LogP) is 3.89. The number of ether oxygens (including phenoxy) is 4. The summed E-state index contributed by atoms with van der Waals surface area (Å²) in [7, 11) is 3.21. The summed E-state index contributed by atoms with van der Waals surface area (Å²) in [6.07, 6.45) is 0.00370. The van der Waals surface area contributed by atoms with E-state index < -0.39 is 11.7 Å². The first-order chi connectivity index (χ1) is 13.3. The fourth-order valence-electron chi connectivity index (χ4n) is 3.31. The van der Waals surface area contributed by atoms with E-state index in [1.807, 2.05) is 44.2 Å². The molecule has 1 amide bonds. The number of hydrogen-bond acceptors (Lipinski definition) is 5. The Labute approximate surface area is 165 Å². The van der Waals surface area contributed by atoms with Crippen molar-refractivity contribution in [3.63, 3.8) is 0 Å². The molecule has 2 aromatic rings. The van der Waals surface area contributed by atoms with Crippen LogP contribution in [0.2, 0.25) is 0 Å². The van der Waals surface area contributed by atoms with Crippen molar-refractivity contribution in [1.29, 1.82) is 0 Å². The van der Waals surface area contributed by atoms with Crippen molar-refractivity contribution in [3.05, 3.63) is 48.0 Å². The maximum Gasteiger partial charge on any atom is 0.261 e. The van der Waals surface area contributed by atoms with Crippen LogP contribution in [0.15, 0.2) is 42.5 Å².